The summed E-state index contributed by atoms with van der Waals surface area (Å²) in [5.74, 6) is 0.0707. The molecule has 2 heterocycles. The van der Waals surface area contributed by atoms with Crippen LogP contribution in [0.25, 0.3) is 10.7 Å². The van der Waals surface area contributed by atoms with Gasteiger partial charge in [-0.3, -0.25) is 9.69 Å². The van der Waals surface area contributed by atoms with Crippen molar-refractivity contribution in [1.82, 2.24) is 15.0 Å². The van der Waals surface area contributed by atoms with E-state index in [-0.39, 0.29) is 6.54 Å². The summed E-state index contributed by atoms with van der Waals surface area (Å²) in [6.45, 7) is 0.265. The number of hydrogen-bond donors (Lipinski definition) is 1. The Morgan fingerprint density at radius 3 is 3.12 bits per heavy atom. The highest BCUT2D eigenvalue weighted by Crippen LogP contribution is 2.21. The smallest absolute Gasteiger partial charge is 0.317 e. The van der Waals surface area contributed by atoms with E-state index in [1.165, 1.54) is 11.3 Å². The summed E-state index contributed by atoms with van der Waals surface area (Å²) < 4.78 is 5.05. The third-order valence-electron chi connectivity index (χ3n) is 2.02. The maximum Gasteiger partial charge on any atom is 0.317 e. The van der Waals surface area contributed by atoms with E-state index in [9.17, 15) is 4.79 Å². The highest BCUT2D eigenvalue weighted by atomic mass is 32.1. The maximum absolute atomic E-state index is 10.5. The molecule has 1 N–H and O–H groups in total. The van der Waals surface area contributed by atoms with Crippen molar-refractivity contribution in [3.8, 4) is 10.7 Å². The minimum atomic E-state index is -0.884. The predicted octanol–water partition coefficient (Wildman–Crippen LogP) is 1.31. The summed E-state index contributed by atoms with van der Waals surface area (Å²) in [5, 5.41) is 14.4. The van der Waals surface area contributed by atoms with E-state index >= 15 is 0 Å². The number of rotatable bonds is 5. The molecule has 7 heteroatoms. The van der Waals surface area contributed by atoms with Crippen molar-refractivity contribution in [2.75, 3.05) is 13.6 Å². The van der Waals surface area contributed by atoms with E-state index in [4.69, 9.17) is 9.63 Å². The normalized spacial score (nSPS) is 10.9. The van der Waals surface area contributed by atoms with Crippen LogP contribution in [-0.4, -0.2) is 39.7 Å². The number of carboxylic acid groups (broad SMARTS) is 1. The van der Waals surface area contributed by atoms with Crippen LogP contribution in [0.4, 0.5) is 0 Å². The van der Waals surface area contributed by atoms with Crippen LogP contribution >= 0.6 is 11.3 Å². The lowest BCUT2D eigenvalue weighted by Gasteiger charge is -2.09. The lowest BCUT2D eigenvalue weighted by Crippen LogP contribution is -2.25. The zero-order valence-electron chi connectivity index (χ0n) is 9.16. The fourth-order valence-electron chi connectivity index (χ4n) is 1.34. The Labute approximate surface area is 101 Å². The van der Waals surface area contributed by atoms with Gasteiger partial charge in [-0.1, -0.05) is 11.2 Å². The Morgan fingerprint density at radius 1 is 1.65 bits per heavy atom. The van der Waals surface area contributed by atoms with Crippen molar-refractivity contribution in [2.24, 2.45) is 0 Å². The number of likely N-dealkylation sites (N-methyl/N-ethyl adjacent to an activating group) is 1. The summed E-state index contributed by atoms with van der Waals surface area (Å²) in [6.07, 6.45) is 0. The molecular weight excluding hydrogens is 242 g/mol. The monoisotopic (exact) mass is 253 g/mol. The van der Waals surface area contributed by atoms with Crippen LogP contribution in [0.5, 0.6) is 0 Å². The molecule has 0 bridgehead atoms. The van der Waals surface area contributed by atoms with Gasteiger partial charge in [0.15, 0.2) is 0 Å². The zero-order chi connectivity index (χ0) is 12.3. The molecule has 0 amide bonds. The van der Waals surface area contributed by atoms with Crippen molar-refractivity contribution in [2.45, 2.75) is 6.54 Å². The van der Waals surface area contributed by atoms with Gasteiger partial charge in [-0.2, -0.15) is 4.98 Å². The SMILES string of the molecule is CN(CC(=O)O)Cc1nc(-c2cccs2)no1. The summed E-state index contributed by atoms with van der Waals surface area (Å²) >= 11 is 1.53. The Hall–Kier alpha value is -1.73. The molecule has 90 valence electrons. The molecule has 2 aromatic rings. The van der Waals surface area contributed by atoms with Crippen LogP contribution < -0.4 is 0 Å². The van der Waals surface area contributed by atoms with Crippen molar-refractivity contribution in [3.05, 3.63) is 23.4 Å². The highest BCUT2D eigenvalue weighted by molar-refractivity contribution is 7.13. The van der Waals surface area contributed by atoms with Gasteiger partial charge in [0.05, 0.1) is 18.0 Å². The van der Waals surface area contributed by atoms with Crippen LogP contribution in [0.3, 0.4) is 0 Å². The average molecular weight is 253 g/mol. The molecule has 0 spiro atoms. The van der Waals surface area contributed by atoms with E-state index < -0.39 is 5.97 Å². The number of hydrogen-bond acceptors (Lipinski definition) is 6. The largest absolute Gasteiger partial charge is 0.480 e. The van der Waals surface area contributed by atoms with Gasteiger partial charge >= 0.3 is 5.97 Å². The first-order chi connectivity index (χ1) is 8.15. The van der Waals surface area contributed by atoms with Gasteiger partial charge in [0.25, 0.3) is 0 Å². The van der Waals surface area contributed by atoms with Gasteiger partial charge in [-0.05, 0) is 18.5 Å². The van der Waals surface area contributed by atoms with Gasteiger partial charge in [-0.25, -0.2) is 0 Å². The van der Waals surface area contributed by atoms with E-state index in [0.717, 1.165) is 4.88 Å². The summed E-state index contributed by atoms with van der Waals surface area (Å²) in [6, 6.07) is 3.81. The topological polar surface area (TPSA) is 79.5 Å². The lowest BCUT2D eigenvalue weighted by molar-refractivity contribution is -0.138. The molecule has 0 atom stereocenters. The van der Waals surface area contributed by atoms with Crippen molar-refractivity contribution in [1.29, 1.82) is 0 Å². The maximum atomic E-state index is 10.5. The van der Waals surface area contributed by atoms with Crippen LogP contribution in [0.2, 0.25) is 0 Å². The Morgan fingerprint density at radius 2 is 2.47 bits per heavy atom. The first-order valence-corrected chi connectivity index (χ1v) is 5.80. The van der Waals surface area contributed by atoms with Gasteiger partial charge < -0.3 is 9.63 Å². The molecule has 0 aliphatic heterocycles. The zero-order valence-corrected chi connectivity index (χ0v) is 9.98. The van der Waals surface area contributed by atoms with Crippen molar-refractivity contribution < 1.29 is 14.4 Å². The highest BCUT2D eigenvalue weighted by Gasteiger charge is 2.12. The molecule has 0 unspecified atom stereocenters. The molecule has 0 aliphatic carbocycles. The molecule has 17 heavy (non-hydrogen) atoms. The third kappa shape index (κ3) is 3.11. The molecule has 0 aromatic carbocycles. The van der Waals surface area contributed by atoms with Crippen LogP contribution in [0.15, 0.2) is 22.0 Å². The Bertz CT molecular complexity index is 495. The molecule has 2 rings (SSSR count). The van der Waals surface area contributed by atoms with Gasteiger partial charge in [-0.15, -0.1) is 11.3 Å². The molecule has 0 aliphatic rings. The summed E-state index contributed by atoms with van der Waals surface area (Å²) in [5.41, 5.74) is 0. The second-order valence-corrected chi connectivity index (χ2v) is 4.50. The second-order valence-electron chi connectivity index (χ2n) is 3.56. The standard InChI is InChI=1S/C10H11N3O3S/c1-13(6-9(14)15)5-8-11-10(12-16-8)7-3-2-4-17-7/h2-4H,5-6H2,1H3,(H,14,15). The fourth-order valence-corrected chi connectivity index (χ4v) is 1.99. The number of carboxylic acids is 1. The van der Waals surface area contributed by atoms with Crippen LogP contribution in [0.1, 0.15) is 5.89 Å². The molecule has 6 nitrogen and oxygen atoms in total. The minimum Gasteiger partial charge on any atom is -0.480 e. The van der Waals surface area contributed by atoms with Crippen LogP contribution in [-0.2, 0) is 11.3 Å². The van der Waals surface area contributed by atoms with Crippen LogP contribution in [0, 0.1) is 0 Å². The average Bonchev–Trinajstić information content (AvgIpc) is 2.84. The van der Waals surface area contributed by atoms with Gasteiger partial charge in [0.1, 0.15) is 0 Å². The second kappa shape index (κ2) is 5.07. The minimum absolute atomic E-state index is 0.0588. The third-order valence-corrected chi connectivity index (χ3v) is 2.89. The molecule has 0 saturated carbocycles. The Balaban J connectivity index is 2.01. The summed E-state index contributed by atoms with van der Waals surface area (Å²) in [7, 11) is 1.68. The van der Waals surface area contributed by atoms with Crippen molar-refractivity contribution >= 4 is 17.3 Å². The first-order valence-electron chi connectivity index (χ1n) is 4.92. The lowest BCUT2D eigenvalue weighted by atomic mass is 10.4. The quantitative estimate of drug-likeness (QED) is 0.865. The number of carbonyl (C=O) groups is 1. The number of aliphatic carboxylic acids is 1. The van der Waals surface area contributed by atoms with Crippen molar-refractivity contribution in [3.63, 3.8) is 0 Å². The molecule has 2 aromatic heterocycles. The fraction of sp³-hybridized carbons (Fsp3) is 0.300. The summed E-state index contributed by atoms with van der Waals surface area (Å²) in [4.78, 5) is 17.2. The number of aromatic nitrogens is 2. The molecular formula is C10H11N3O3S. The van der Waals surface area contributed by atoms with E-state index in [1.807, 2.05) is 17.5 Å². The Kier molecular flexibility index (Phi) is 3.50. The predicted molar refractivity (Wildman–Crippen MR) is 61.6 cm³/mol. The number of thiophene rings is 1. The number of nitrogens with zero attached hydrogens (tertiary/aromatic N) is 3. The van der Waals surface area contributed by atoms with Gasteiger partial charge in [0.2, 0.25) is 11.7 Å². The molecule has 0 fully saturated rings. The van der Waals surface area contributed by atoms with E-state index in [1.54, 1.807) is 11.9 Å². The van der Waals surface area contributed by atoms with E-state index in [2.05, 4.69) is 10.1 Å². The first kappa shape index (κ1) is 11.7. The molecule has 0 radical (unpaired) electrons. The van der Waals surface area contributed by atoms with Gasteiger partial charge in [0, 0.05) is 0 Å². The van der Waals surface area contributed by atoms with E-state index in [0.29, 0.717) is 18.3 Å². The molecule has 0 saturated heterocycles.